The van der Waals surface area contributed by atoms with Crippen molar-refractivity contribution in [3.05, 3.63) is 78.0 Å². The number of benzene rings is 2. The van der Waals surface area contributed by atoms with Crippen LogP contribution < -0.4 is 10.6 Å². The lowest BCUT2D eigenvalue weighted by Crippen LogP contribution is -2.49. The summed E-state index contributed by atoms with van der Waals surface area (Å²) in [6, 6.07) is 19.4. The monoisotopic (exact) mass is 471 g/mol. The first-order valence-corrected chi connectivity index (χ1v) is 12.1. The van der Waals surface area contributed by atoms with Crippen LogP contribution >= 0.6 is 0 Å². The van der Waals surface area contributed by atoms with Gasteiger partial charge >= 0.3 is 6.03 Å². The Bertz CT molecular complexity index is 1220. The van der Waals surface area contributed by atoms with E-state index < -0.39 is 11.6 Å². The van der Waals surface area contributed by atoms with Crippen LogP contribution in [0.1, 0.15) is 43.2 Å². The molecule has 8 heteroatoms. The number of hydrogen-bond acceptors (Lipinski definition) is 4. The Labute approximate surface area is 204 Å². The van der Waals surface area contributed by atoms with Gasteiger partial charge in [0.2, 0.25) is 5.91 Å². The summed E-state index contributed by atoms with van der Waals surface area (Å²) in [7, 11) is 0. The van der Waals surface area contributed by atoms with Crippen LogP contribution in [0.4, 0.5) is 4.79 Å². The van der Waals surface area contributed by atoms with E-state index in [2.05, 4.69) is 10.6 Å². The fourth-order valence-electron chi connectivity index (χ4n) is 4.99. The molecule has 35 heavy (non-hydrogen) atoms. The lowest BCUT2D eigenvalue weighted by atomic mass is 9.82. The summed E-state index contributed by atoms with van der Waals surface area (Å²) in [5, 5.41) is 10.5. The molecule has 0 radical (unpaired) electrons. The Morgan fingerprint density at radius 1 is 0.971 bits per heavy atom. The maximum Gasteiger partial charge on any atom is 0.325 e. The van der Waals surface area contributed by atoms with Gasteiger partial charge < -0.3 is 10.6 Å². The third kappa shape index (κ3) is 4.82. The van der Waals surface area contributed by atoms with Crippen molar-refractivity contribution in [1.82, 2.24) is 25.3 Å². The van der Waals surface area contributed by atoms with Gasteiger partial charge in [0.15, 0.2) is 0 Å². The van der Waals surface area contributed by atoms with Gasteiger partial charge in [0.05, 0.1) is 12.2 Å². The number of hydrogen-bond donors (Lipinski definition) is 2. The average molecular weight is 472 g/mol. The van der Waals surface area contributed by atoms with Gasteiger partial charge in [0.25, 0.3) is 5.91 Å². The van der Waals surface area contributed by atoms with E-state index in [9.17, 15) is 14.4 Å². The molecule has 1 spiro atoms. The predicted molar refractivity (Wildman–Crippen MR) is 131 cm³/mol. The van der Waals surface area contributed by atoms with Crippen molar-refractivity contribution in [2.24, 2.45) is 0 Å². The number of nitrogens with one attached hydrogen (secondary N) is 2. The summed E-state index contributed by atoms with van der Waals surface area (Å²) in [5.41, 5.74) is 2.91. The van der Waals surface area contributed by atoms with Gasteiger partial charge in [0.1, 0.15) is 12.1 Å². The molecule has 1 aliphatic carbocycles. The molecule has 1 aliphatic heterocycles. The van der Waals surface area contributed by atoms with E-state index in [1.807, 2.05) is 71.5 Å². The van der Waals surface area contributed by atoms with Crippen LogP contribution in [-0.4, -0.2) is 44.6 Å². The molecular weight excluding hydrogens is 442 g/mol. The number of imide groups is 1. The van der Waals surface area contributed by atoms with Crippen LogP contribution in [0.3, 0.4) is 0 Å². The van der Waals surface area contributed by atoms with E-state index >= 15 is 0 Å². The fourth-order valence-corrected chi connectivity index (χ4v) is 4.99. The first-order valence-electron chi connectivity index (χ1n) is 12.1. The molecule has 1 saturated heterocycles. The molecule has 0 bridgehead atoms. The number of carbonyl (C=O) groups is 3. The van der Waals surface area contributed by atoms with Gasteiger partial charge in [0, 0.05) is 23.9 Å². The van der Waals surface area contributed by atoms with Crippen molar-refractivity contribution >= 4 is 17.8 Å². The zero-order chi connectivity index (χ0) is 24.3. The fraction of sp³-hybridized carbons (Fsp3) is 0.333. The highest BCUT2D eigenvalue weighted by molar-refractivity contribution is 6.09. The van der Waals surface area contributed by atoms with Gasteiger partial charge in [-0.05, 0) is 18.4 Å². The molecule has 2 fully saturated rings. The standard InChI is InChI=1S/C27H29N5O3/c33-23(19-32-25(34)27(29-26(32)35)14-8-3-9-15-27)28-16-22-18-31(17-20-10-4-1-5-11-20)30-24(22)21-12-6-2-7-13-21/h1-2,4-7,10-13,18H,3,8-9,14-17,19H2,(H,28,33)(H,29,35). The lowest BCUT2D eigenvalue weighted by Gasteiger charge is -2.30. The van der Waals surface area contributed by atoms with Crippen molar-refractivity contribution in [2.75, 3.05) is 6.54 Å². The second-order valence-corrected chi connectivity index (χ2v) is 9.29. The highest BCUT2D eigenvalue weighted by Gasteiger charge is 2.51. The average Bonchev–Trinajstić information content (AvgIpc) is 3.38. The molecule has 0 atom stereocenters. The van der Waals surface area contributed by atoms with Crippen LogP contribution in [0.5, 0.6) is 0 Å². The SMILES string of the molecule is O=C(CN1C(=O)NC2(CCCCC2)C1=O)NCc1cn(Cc2ccccc2)nc1-c1ccccc1. The molecule has 2 aliphatic rings. The highest BCUT2D eigenvalue weighted by Crippen LogP contribution is 2.33. The topological polar surface area (TPSA) is 96.3 Å². The molecule has 2 aromatic carbocycles. The Hall–Kier alpha value is -3.94. The summed E-state index contributed by atoms with van der Waals surface area (Å²) in [6.07, 6.45) is 6.07. The van der Waals surface area contributed by atoms with Crippen LogP contribution in [-0.2, 0) is 22.7 Å². The largest absolute Gasteiger partial charge is 0.350 e. The smallest absolute Gasteiger partial charge is 0.325 e. The van der Waals surface area contributed by atoms with Crippen molar-refractivity contribution in [3.63, 3.8) is 0 Å². The first kappa shape index (κ1) is 22.8. The van der Waals surface area contributed by atoms with E-state index in [0.717, 1.165) is 46.5 Å². The van der Waals surface area contributed by atoms with E-state index in [1.54, 1.807) is 0 Å². The van der Waals surface area contributed by atoms with Crippen molar-refractivity contribution in [3.8, 4) is 11.3 Å². The van der Waals surface area contributed by atoms with E-state index in [1.165, 1.54) is 0 Å². The molecule has 0 unspecified atom stereocenters. The minimum absolute atomic E-state index is 0.243. The molecule has 4 amide bonds. The van der Waals surface area contributed by atoms with E-state index in [0.29, 0.717) is 19.4 Å². The quantitative estimate of drug-likeness (QED) is 0.516. The minimum Gasteiger partial charge on any atom is -0.350 e. The summed E-state index contributed by atoms with van der Waals surface area (Å²) < 4.78 is 1.86. The first-order chi connectivity index (χ1) is 17.0. The minimum atomic E-state index is -0.825. The van der Waals surface area contributed by atoms with Crippen molar-refractivity contribution in [2.45, 2.75) is 50.7 Å². The summed E-state index contributed by atoms with van der Waals surface area (Å²) in [6.45, 7) is 0.567. The van der Waals surface area contributed by atoms with Crippen molar-refractivity contribution in [1.29, 1.82) is 0 Å². The van der Waals surface area contributed by atoms with Crippen LogP contribution in [0.2, 0.25) is 0 Å². The molecule has 2 heterocycles. The molecule has 5 rings (SSSR count). The second kappa shape index (κ2) is 9.74. The molecule has 2 N–H and O–H groups in total. The van der Waals surface area contributed by atoms with E-state index in [4.69, 9.17) is 5.10 Å². The summed E-state index contributed by atoms with van der Waals surface area (Å²) >= 11 is 0. The second-order valence-electron chi connectivity index (χ2n) is 9.29. The molecule has 1 aromatic heterocycles. The van der Waals surface area contributed by atoms with Gasteiger partial charge in [-0.1, -0.05) is 79.9 Å². The predicted octanol–water partition coefficient (Wildman–Crippen LogP) is 3.47. The summed E-state index contributed by atoms with van der Waals surface area (Å²) in [5.74, 6) is -0.658. The number of carbonyl (C=O) groups excluding carboxylic acids is 3. The molecular formula is C27H29N5O3. The van der Waals surface area contributed by atoms with Gasteiger partial charge in [-0.25, -0.2) is 4.79 Å². The van der Waals surface area contributed by atoms with Gasteiger partial charge in [-0.3, -0.25) is 19.2 Å². The summed E-state index contributed by atoms with van der Waals surface area (Å²) in [4.78, 5) is 39.3. The zero-order valence-corrected chi connectivity index (χ0v) is 19.6. The maximum atomic E-state index is 13.0. The molecule has 8 nitrogen and oxygen atoms in total. The third-order valence-electron chi connectivity index (χ3n) is 6.80. The molecule has 180 valence electrons. The third-order valence-corrected chi connectivity index (χ3v) is 6.80. The Kier molecular flexibility index (Phi) is 6.35. The van der Waals surface area contributed by atoms with E-state index in [-0.39, 0.29) is 24.9 Å². The maximum absolute atomic E-state index is 13.0. The van der Waals surface area contributed by atoms with Crippen molar-refractivity contribution < 1.29 is 14.4 Å². The normalized spacial score (nSPS) is 17.0. The number of nitrogens with zero attached hydrogens (tertiary/aromatic N) is 3. The van der Waals surface area contributed by atoms with Gasteiger partial charge in [-0.2, -0.15) is 5.10 Å². The lowest BCUT2D eigenvalue weighted by molar-refractivity contribution is -0.135. The number of urea groups is 1. The van der Waals surface area contributed by atoms with Gasteiger partial charge in [-0.15, -0.1) is 0 Å². The van der Waals surface area contributed by atoms with Crippen LogP contribution in [0.25, 0.3) is 11.3 Å². The number of amides is 4. The Morgan fingerprint density at radius 3 is 2.37 bits per heavy atom. The Morgan fingerprint density at radius 2 is 1.66 bits per heavy atom. The molecule has 3 aromatic rings. The number of rotatable bonds is 7. The zero-order valence-electron chi connectivity index (χ0n) is 19.6. The highest BCUT2D eigenvalue weighted by atomic mass is 16.2. The van der Waals surface area contributed by atoms with Crippen LogP contribution in [0, 0.1) is 0 Å². The Balaban J connectivity index is 1.28. The molecule has 1 saturated carbocycles. The number of aromatic nitrogens is 2. The van der Waals surface area contributed by atoms with Crippen LogP contribution in [0.15, 0.2) is 66.9 Å².